The summed E-state index contributed by atoms with van der Waals surface area (Å²) < 4.78 is 13.6. The van der Waals surface area contributed by atoms with Gasteiger partial charge in [0.25, 0.3) is 0 Å². The van der Waals surface area contributed by atoms with Crippen molar-refractivity contribution in [3.8, 4) is 0 Å². The Labute approximate surface area is 78.7 Å². The highest BCUT2D eigenvalue weighted by Crippen LogP contribution is 2.20. The molecular weight excluding hydrogens is 223 g/mol. The van der Waals surface area contributed by atoms with Crippen LogP contribution in [-0.4, -0.2) is 6.29 Å². The van der Waals surface area contributed by atoms with E-state index in [1.807, 2.05) is 6.92 Å². The molecule has 1 aromatic carbocycles. The molecule has 0 aliphatic heterocycles. The van der Waals surface area contributed by atoms with E-state index >= 15 is 0 Å². The zero-order chi connectivity index (χ0) is 9.14. The minimum atomic E-state index is -0.478. The van der Waals surface area contributed by atoms with Gasteiger partial charge in [0.05, 0.1) is 5.56 Å². The first-order chi connectivity index (χ1) is 5.69. The number of carbonyl (C=O) groups is 1. The maximum absolute atomic E-state index is 12.9. The molecule has 1 aromatic rings. The van der Waals surface area contributed by atoms with Crippen LogP contribution in [0.4, 0.5) is 4.39 Å². The van der Waals surface area contributed by atoms with Crippen molar-refractivity contribution >= 4 is 22.2 Å². The molecule has 1 rings (SSSR count). The third kappa shape index (κ3) is 1.72. The fraction of sp³-hybridized carbons (Fsp3) is 0.222. The number of hydrogen-bond donors (Lipinski definition) is 0. The SMILES string of the molecule is CCc1cc(C=O)c(F)cc1Br. The van der Waals surface area contributed by atoms with Crippen LogP contribution in [0.2, 0.25) is 0 Å². The predicted octanol–water partition coefficient (Wildman–Crippen LogP) is 2.96. The summed E-state index contributed by atoms with van der Waals surface area (Å²) in [6.07, 6.45) is 1.31. The molecule has 0 aromatic heterocycles. The molecule has 0 amide bonds. The second-order valence-corrected chi connectivity index (χ2v) is 3.29. The van der Waals surface area contributed by atoms with Crippen molar-refractivity contribution in [3.63, 3.8) is 0 Å². The Bertz CT molecular complexity index is 310. The molecule has 3 heteroatoms. The lowest BCUT2D eigenvalue weighted by Gasteiger charge is -2.02. The van der Waals surface area contributed by atoms with Crippen LogP contribution in [0.1, 0.15) is 22.8 Å². The van der Waals surface area contributed by atoms with Gasteiger partial charge in [-0.05, 0) is 24.1 Å². The number of rotatable bonds is 2. The summed E-state index contributed by atoms with van der Waals surface area (Å²) in [5.41, 5.74) is 1.06. The van der Waals surface area contributed by atoms with Crippen molar-refractivity contribution in [1.82, 2.24) is 0 Å². The quantitative estimate of drug-likeness (QED) is 0.715. The van der Waals surface area contributed by atoms with Gasteiger partial charge in [-0.1, -0.05) is 22.9 Å². The normalized spacial score (nSPS) is 9.92. The second-order valence-electron chi connectivity index (χ2n) is 2.44. The number of hydrogen-bond acceptors (Lipinski definition) is 1. The van der Waals surface area contributed by atoms with Crippen LogP contribution >= 0.6 is 15.9 Å². The fourth-order valence-corrected chi connectivity index (χ4v) is 1.57. The van der Waals surface area contributed by atoms with Gasteiger partial charge in [-0.2, -0.15) is 0 Å². The van der Waals surface area contributed by atoms with E-state index in [1.54, 1.807) is 6.07 Å². The highest BCUT2D eigenvalue weighted by atomic mass is 79.9. The first kappa shape index (κ1) is 9.39. The Morgan fingerprint density at radius 1 is 1.58 bits per heavy atom. The van der Waals surface area contributed by atoms with Crippen LogP contribution < -0.4 is 0 Å². The number of carbonyl (C=O) groups excluding carboxylic acids is 1. The molecule has 1 nitrogen and oxygen atoms in total. The van der Waals surface area contributed by atoms with E-state index in [1.165, 1.54) is 6.07 Å². The molecule has 0 saturated heterocycles. The van der Waals surface area contributed by atoms with Gasteiger partial charge < -0.3 is 0 Å². The maximum atomic E-state index is 12.9. The van der Waals surface area contributed by atoms with E-state index in [9.17, 15) is 9.18 Å². The highest BCUT2D eigenvalue weighted by Gasteiger charge is 2.05. The van der Waals surface area contributed by atoms with E-state index in [0.29, 0.717) is 10.8 Å². The van der Waals surface area contributed by atoms with Gasteiger partial charge in [0.2, 0.25) is 0 Å². The van der Waals surface area contributed by atoms with Crippen molar-refractivity contribution in [2.24, 2.45) is 0 Å². The van der Waals surface area contributed by atoms with Crippen molar-refractivity contribution in [2.75, 3.05) is 0 Å². The van der Waals surface area contributed by atoms with Gasteiger partial charge in [0, 0.05) is 4.47 Å². The number of halogens is 2. The predicted molar refractivity (Wildman–Crippen MR) is 48.9 cm³/mol. The zero-order valence-electron chi connectivity index (χ0n) is 6.60. The molecule has 64 valence electrons. The van der Waals surface area contributed by atoms with Crippen LogP contribution in [0.5, 0.6) is 0 Å². The molecule has 0 fully saturated rings. The standard InChI is InChI=1S/C9H8BrFO/c1-2-6-3-7(5-12)9(11)4-8(6)10/h3-5H,2H2,1H3. The average molecular weight is 231 g/mol. The third-order valence-corrected chi connectivity index (χ3v) is 2.41. The lowest BCUT2D eigenvalue weighted by Crippen LogP contribution is -1.92. The van der Waals surface area contributed by atoms with E-state index in [-0.39, 0.29) is 5.56 Å². The van der Waals surface area contributed by atoms with Crippen molar-refractivity contribution < 1.29 is 9.18 Å². The summed E-state index contributed by atoms with van der Waals surface area (Å²) in [5.74, 6) is -0.478. The third-order valence-electron chi connectivity index (χ3n) is 1.67. The van der Waals surface area contributed by atoms with E-state index in [4.69, 9.17) is 0 Å². The van der Waals surface area contributed by atoms with Crippen LogP contribution in [0.3, 0.4) is 0 Å². The van der Waals surface area contributed by atoms with Gasteiger partial charge in [-0.3, -0.25) is 4.79 Å². The van der Waals surface area contributed by atoms with Gasteiger partial charge in [0.1, 0.15) is 5.82 Å². The Morgan fingerprint density at radius 3 is 2.75 bits per heavy atom. The van der Waals surface area contributed by atoms with Crippen LogP contribution in [0.15, 0.2) is 16.6 Å². The van der Waals surface area contributed by atoms with Gasteiger partial charge in [0.15, 0.2) is 6.29 Å². The molecule has 0 spiro atoms. The van der Waals surface area contributed by atoms with Crippen LogP contribution in [-0.2, 0) is 6.42 Å². The Morgan fingerprint density at radius 2 is 2.25 bits per heavy atom. The lowest BCUT2D eigenvalue weighted by molar-refractivity contribution is 0.111. The maximum Gasteiger partial charge on any atom is 0.153 e. The number of aldehydes is 1. The van der Waals surface area contributed by atoms with Crippen LogP contribution in [0.25, 0.3) is 0 Å². The Kier molecular flexibility index (Phi) is 2.98. The first-order valence-electron chi connectivity index (χ1n) is 3.62. The summed E-state index contributed by atoms with van der Waals surface area (Å²) in [6, 6.07) is 2.88. The molecular formula is C9H8BrFO. The topological polar surface area (TPSA) is 17.1 Å². The second kappa shape index (κ2) is 3.81. The van der Waals surface area contributed by atoms with Gasteiger partial charge >= 0.3 is 0 Å². The molecule has 0 aliphatic carbocycles. The molecule has 0 aliphatic rings. The molecule has 0 heterocycles. The van der Waals surface area contributed by atoms with Gasteiger partial charge in [-0.25, -0.2) is 4.39 Å². The lowest BCUT2D eigenvalue weighted by atomic mass is 10.1. The molecule has 0 atom stereocenters. The van der Waals surface area contributed by atoms with E-state index in [2.05, 4.69) is 15.9 Å². The van der Waals surface area contributed by atoms with Crippen molar-refractivity contribution in [1.29, 1.82) is 0 Å². The summed E-state index contributed by atoms with van der Waals surface area (Å²) in [4.78, 5) is 10.4. The minimum Gasteiger partial charge on any atom is -0.298 e. The Hall–Kier alpha value is -0.700. The van der Waals surface area contributed by atoms with Gasteiger partial charge in [-0.15, -0.1) is 0 Å². The largest absolute Gasteiger partial charge is 0.298 e. The molecule has 0 bridgehead atoms. The smallest absolute Gasteiger partial charge is 0.153 e. The van der Waals surface area contributed by atoms with E-state index in [0.717, 1.165) is 12.0 Å². The zero-order valence-corrected chi connectivity index (χ0v) is 8.19. The summed E-state index contributed by atoms with van der Waals surface area (Å²) >= 11 is 3.21. The molecule has 0 radical (unpaired) electrons. The highest BCUT2D eigenvalue weighted by molar-refractivity contribution is 9.10. The molecule has 0 saturated carbocycles. The summed E-state index contributed by atoms with van der Waals surface area (Å²) in [5, 5.41) is 0. The molecule has 0 unspecified atom stereocenters. The number of aryl methyl sites for hydroxylation is 1. The Balaban J connectivity index is 3.26. The summed E-state index contributed by atoms with van der Waals surface area (Å²) in [6.45, 7) is 1.95. The fourth-order valence-electron chi connectivity index (χ4n) is 0.974. The average Bonchev–Trinajstić information content (AvgIpc) is 2.05. The van der Waals surface area contributed by atoms with Crippen LogP contribution in [0, 0.1) is 5.82 Å². The number of benzene rings is 1. The molecule has 0 N–H and O–H groups in total. The van der Waals surface area contributed by atoms with Crippen molar-refractivity contribution in [2.45, 2.75) is 13.3 Å². The van der Waals surface area contributed by atoms with E-state index < -0.39 is 5.82 Å². The van der Waals surface area contributed by atoms with Crippen molar-refractivity contribution in [3.05, 3.63) is 33.5 Å². The minimum absolute atomic E-state index is 0.120. The first-order valence-corrected chi connectivity index (χ1v) is 4.41. The monoisotopic (exact) mass is 230 g/mol. The summed E-state index contributed by atoms with van der Waals surface area (Å²) in [7, 11) is 0. The molecule has 12 heavy (non-hydrogen) atoms.